The van der Waals surface area contributed by atoms with Crippen LogP contribution in [-0.2, 0) is 45.9 Å². The second-order valence-corrected chi connectivity index (χ2v) is 19.9. The van der Waals surface area contributed by atoms with Gasteiger partial charge in [0, 0.05) is 0 Å². The molecule has 6 nitrogen and oxygen atoms in total. The van der Waals surface area contributed by atoms with Crippen molar-refractivity contribution < 1.29 is 25.9 Å². The van der Waals surface area contributed by atoms with Gasteiger partial charge in [0.05, 0.1) is 9.79 Å². The summed E-state index contributed by atoms with van der Waals surface area (Å²) in [6, 6.07) is 19.0. The molecule has 61 heavy (non-hydrogen) atoms. The fraction of sp³-hybridized carbons (Fsp3) is 0.615. The van der Waals surface area contributed by atoms with Crippen LogP contribution >= 0.6 is 0 Å². The van der Waals surface area contributed by atoms with Crippen molar-refractivity contribution in [2.45, 2.75) is 217 Å². The van der Waals surface area contributed by atoms with Crippen LogP contribution in [0.5, 0.6) is 0 Å². The van der Waals surface area contributed by atoms with Gasteiger partial charge in [0.15, 0.2) is 0 Å². The van der Waals surface area contributed by atoms with Gasteiger partial charge in [-0.3, -0.25) is 0 Å². The van der Waals surface area contributed by atoms with Gasteiger partial charge in [-0.05, 0) is 107 Å². The van der Waals surface area contributed by atoms with Gasteiger partial charge in [0.1, 0.15) is 20.2 Å². The van der Waals surface area contributed by atoms with Crippen molar-refractivity contribution in [2.75, 3.05) is 0 Å². The predicted octanol–water partition coefficient (Wildman–Crippen LogP) is 14.7. The van der Waals surface area contributed by atoms with Crippen molar-refractivity contribution >= 4 is 79.5 Å². The van der Waals surface area contributed by atoms with E-state index in [-0.39, 0.29) is 47.5 Å². The molecule has 0 N–H and O–H groups in total. The number of aryl methyl sites for hydroxylation is 4. The van der Waals surface area contributed by atoms with Crippen molar-refractivity contribution in [3.63, 3.8) is 0 Å². The normalized spacial score (nSPS) is 11.8. The quantitative estimate of drug-likeness (QED) is 0.0292. The number of fused-ring (bicyclic) bond motifs is 2. The Morgan fingerprint density at radius 2 is 0.639 bits per heavy atom. The zero-order valence-electron chi connectivity index (χ0n) is 38.5. The van der Waals surface area contributed by atoms with E-state index in [2.05, 4.69) is 52.0 Å². The Hall–Kier alpha value is -1.52. The fourth-order valence-corrected chi connectivity index (χ4v) is 9.98. The maximum atomic E-state index is 12.0. The van der Waals surface area contributed by atoms with Gasteiger partial charge < -0.3 is 9.11 Å². The van der Waals surface area contributed by atoms with E-state index in [0.717, 1.165) is 97.2 Å². The summed E-state index contributed by atoms with van der Waals surface area (Å²) in [4.78, 5) is -0.100. The van der Waals surface area contributed by atoms with Crippen molar-refractivity contribution in [1.29, 1.82) is 0 Å². The number of hydrogen-bond acceptors (Lipinski definition) is 6. The third-order valence-electron chi connectivity index (χ3n) is 12.0. The van der Waals surface area contributed by atoms with Crippen LogP contribution in [0.15, 0.2) is 70.5 Å². The summed E-state index contributed by atoms with van der Waals surface area (Å²) in [5, 5.41) is 3.06. The second kappa shape index (κ2) is 31.4. The van der Waals surface area contributed by atoms with Crippen LogP contribution in [0.3, 0.4) is 0 Å². The van der Waals surface area contributed by atoms with E-state index in [9.17, 15) is 25.9 Å². The summed E-state index contributed by atoms with van der Waals surface area (Å²) in [6.45, 7) is 8.87. The fourth-order valence-electron chi connectivity index (χ4n) is 8.49. The Labute approximate surface area is 402 Å². The zero-order valence-corrected chi connectivity index (χ0v) is 42.4. The smallest absolute Gasteiger partial charge is 0.744 e. The Bertz CT molecular complexity index is 1900. The summed E-state index contributed by atoms with van der Waals surface area (Å²) < 4.78 is 71.8. The second-order valence-electron chi connectivity index (χ2n) is 17.2. The summed E-state index contributed by atoms with van der Waals surface area (Å²) in [5.74, 6) is 0. The van der Waals surface area contributed by atoms with E-state index in [1.807, 2.05) is 12.1 Å². The van der Waals surface area contributed by atoms with E-state index in [1.54, 1.807) is 24.3 Å². The third kappa shape index (κ3) is 20.9. The average molecular weight is 903 g/mol. The van der Waals surface area contributed by atoms with Gasteiger partial charge in [-0.2, -0.15) is 0 Å². The summed E-state index contributed by atoms with van der Waals surface area (Å²) >= 11 is 0. The van der Waals surface area contributed by atoms with Crippen molar-refractivity contribution in [2.24, 2.45) is 0 Å². The standard InChI is InChI=1S/2C26H40O3S.Ca/c2*1-3-5-7-9-11-13-16-22-20-25-23(17-14-12-10-8-6-4-2)18-15-19-24(25)26(21-22)30(27,28)29;/h2*15,18-21H,3-14,16-17H2,1-2H3,(H,27,28,29);/q;;+2/p-2. The predicted molar refractivity (Wildman–Crippen MR) is 258 cm³/mol. The molecule has 4 rings (SSSR count). The van der Waals surface area contributed by atoms with Crippen LogP contribution in [0.4, 0.5) is 0 Å². The van der Waals surface area contributed by atoms with E-state index in [1.165, 1.54) is 116 Å². The average Bonchev–Trinajstić information content (AvgIpc) is 3.22. The topological polar surface area (TPSA) is 114 Å². The molecule has 4 aromatic carbocycles. The molecule has 0 amide bonds. The molecule has 0 atom stereocenters. The Balaban J connectivity index is 0.000000413. The molecule has 0 aliphatic heterocycles. The number of rotatable bonds is 30. The van der Waals surface area contributed by atoms with Crippen LogP contribution in [0, 0.1) is 0 Å². The zero-order chi connectivity index (χ0) is 43.6. The molecular weight excluding hydrogens is 825 g/mol. The van der Waals surface area contributed by atoms with Gasteiger partial charge in [0.2, 0.25) is 0 Å². The molecule has 0 fully saturated rings. The Kier molecular flexibility index (Phi) is 28.6. The molecule has 4 aromatic rings. The summed E-state index contributed by atoms with van der Waals surface area (Å²) in [5.41, 5.74) is 4.28. The van der Waals surface area contributed by atoms with Crippen LogP contribution in [-0.4, -0.2) is 63.7 Å². The van der Waals surface area contributed by atoms with Crippen molar-refractivity contribution in [1.82, 2.24) is 0 Å². The van der Waals surface area contributed by atoms with Gasteiger partial charge >= 0.3 is 37.7 Å². The van der Waals surface area contributed by atoms with Crippen LogP contribution < -0.4 is 0 Å². The molecule has 9 heteroatoms. The first kappa shape index (κ1) is 55.6. The Morgan fingerprint density at radius 3 is 0.934 bits per heavy atom. The van der Waals surface area contributed by atoms with E-state index >= 15 is 0 Å². The molecule has 0 heterocycles. The van der Waals surface area contributed by atoms with Crippen molar-refractivity contribution in [3.8, 4) is 0 Å². The number of unbranched alkanes of at least 4 members (excludes halogenated alkanes) is 20. The molecule has 0 radical (unpaired) electrons. The first-order valence-corrected chi connectivity index (χ1v) is 26.8. The summed E-state index contributed by atoms with van der Waals surface area (Å²) in [7, 11) is -8.99. The number of benzene rings is 4. The first-order chi connectivity index (χ1) is 28.9. The van der Waals surface area contributed by atoms with Crippen molar-refractivity contribution in [3.05, 3.63) is 82.9 Å². The summed E-state index contributed by atoms with van der Waals surface area (Å²) in [6.07, 6.45) is 32.6. The van der Waals surface area contributed by atoms with E-state index in [0.29, 0.717) is 10.8 Å². The molecule has 0 unspecified atom stereocenters. The van der Waals surface area contributed by atoms with Gasteiger partial charge in [-0.15, -0.1) is 0 Å². The monoisotopic (exact) mass is 902 g/mol. The maximum absolute atomic E-state index is 12.0. The van der Waals surface area contributed by atoms with Crippen LogP contribution in [0.25, 0.3) is 21.5 Å². The molecule has 0 aliphatic rings. The number of hydrogen-bond donors (Lipinski definition) is 0. The minimum atomic E-state index is -4.50. The molecule has 0 aliphatic carbocycles. The molecule has 0 saturated heterocycles. The molecule has 336 valence electrons. The van der Waals surface area contributed by atoms with Gasteiger partial charge in [0.25, 0.3) is 0 Å². The molecule has 0 aromatic heterocycles. The largest absolute Gasteiger partial charge is 2.00 e. The molecule has 0 bridgehead atoms. The maximum Gasteiger partial charge on any atom is 2.00 e. The van der Waals surface area contributed by atoms with E-state index in [4.69, 9.17) is 0 Å². The SMILES string of the molecule is CCCCCCCCc1cc(S(=O)(=O)[O-])c2cccc(CCCCCCCC)c2c1.CCCCCCCCc1cc(S(=O)(=O)[O-])c2cccc(CCCCCCCC)c2c1.[Ca+2]. The van der Waals surface area contributed by atoms with Gasteiger partial charge in [-0.25, -0.2) is 16.8 Å². The first-order valence-electron chi connectivity index (χ1n) is 23.9. The Morgan fingerprint density at radius 1 is 0.361 bits per heavy atom. The third-order valence-corrected chi connectivity index (χ3v) is 13.7. The minimum absolute atomic E-state index is 0. The van der Waals surface area contributed by atoms with E-state index < -0.39 is 20.2 Å². The molecular formula is C52H78CaO6S2. The molecule has 0 saturated carbocycles. The molecule has 0 spiro atoms. The van der Waals surface area contributed by atoms with Crippen LogP contribution in [0.2, 0.25) is 0 Å². The van der Waals surface area contributed by atoms with Crippen LogP contribution in [0.1, 0.15) is 204 Å². The minimum Gasteiger partial charge on any atom is -0.744 e. The van der Waals surface area contributed by atoms with Gasteiger partial charge in [-0.1, -0.05) is 205 Å².